The van der Waals surface area contributed by atoms with E-state index >= 15 is 0 Å². The maximum Gasteiger partial charge on any atom is 0.255 e. The molecule has 0 aliphatic heterocycles. The van der Waals surface area contributed by atoms with Crippen molar-refractivity contribution in [2.45, 2.75) is 6.92 Å². The minimum Gasteiger partial charge on any atom is -0.492 e. The molecule has 0 saturated heterocycles. The van der Waals surface area contributed by atoms with Crippen LogP contribution in [-0.2, 0) is 0 Å². The van der Waals surface area contributed by atoms with E-state index < -0.39 is 0 Å². The normalized spacial score (nSPS) is 10.2. The number of hydrogen-bond donors (Lipinski definition) is 1. The third-order valence-corrected chi connectivity index (χ3v) is 4.12. The topological polar surface area (TPSA) is 47.6 Å². The zero-order valence-corrected chi connectivity index (χ0v) is 15.9. The third-order valence-electron chi connectivity index (χ3n) is 2.86. The molecule has 0 aromatic heterocycles. The highest BCUT2D eigenvalue weighted by Crippen LogP contribution is 2.36. The van der Waals surface area contributed by atoms with Crippen LogP contribution >= 0.6 is 38.5 Å². The zero-order chi connectivity index (χ0) is 16.1. The molecule has 4 nitrogen and oxygen atoms in total. The van der Waals surface area contributed by atoms with E-state index in [1.54, 1.807) is 19.2 Å². The summed E-state index contributed by atoms with van der Waals surface area (Å²) < 4.78 is 12.6. The zero-order valence-electron chi connectivity index (χ0n) is 12.2. The van der Waals surface area contributed by atoms with Crippen molar-refractivity contribution < 1.29 is 14.3 Å². The molecule has 0 fully saturated rings. The van der Waals surface area contributed by atoms with Gasteiger partial charge in [0.1, 0.15) is 0 Å². The van der Waals surface area contributed by atoms with Gasteiger partial charge in [-0.1, -0.05) is 6.07 Å². The second-order valence-corrected chi connectivity index (χ2v) is 6.49. The maximum absolute atomic E-state index is 12.4. The lowest BCUT2D eigenvalue weighted by atomic mass is 10.2. The molecule has 116 valence electrons. The van der Waals surface area contributed by atoms with Gasteiger partial charge in [-0.05, 0) is 75.8 Å². The third kappa shape index (κ3) is 4.13. The first-order valence-electron chi connectivity index (χ1n) is 6.62. The Labute approximate surface area is 151 Å². The standard InChI is InChI=1S/C16H15BrINO3/c1-3-22-14-8-10(7-13(17)15(14)21-2)16(20)19-12-6-4-5-11(18)9-12/h4-9H,3H2,1-2H3,(H,19,20). The van der Waals surface area contributed by atoms with Gasteiger partial charge in [-0.2, -0.15) is 0 Å². The van der Waals surface area contributed by atoms with Gasteiger partial charge in [0.2, 0.25) is 0 Å². The smallest absolute Gasteiger partial charge is 0.255 e. The molecule has 2 aromatic carbocycles. The van der Waals surface area contributed by atoms with E-state index in [0.29, 0.717) is 28.1 Å². The molecule has 0 atom stereocenters. The summed E-state index contributed by atoms with van der Waals surface area (Å²) in [7, 11) is 1.56. The number of benzene rings is 2. The van der Waals surface area contributed by atoms with Gasteiger partial charge in [-0.15, -0.1) is 0 Å². The Balaban J connectivity index is 2.29. The molecule has 22 heavy (non-hydrogen) atoms. The summed E-state index contributed by atoms with van der Waals surface area (Å²) >= 11 is 5.61. The predicted molar refractivity (Wildman–Crippen MR) is 99.0 cm³/mol. The molecule has 2 aromatic rings. The first-order chi connectivity index (χ1) is 10.5. The van der Waals surface area contributed by atoms with Crippen LogP contribution in [0.2, 0.25) is 0 Å². The SMILES string of the molecule is CCOc1cc(C(=O)Nc2cccc(I)c2)cc(Br)c1OC. The van der Waals surface area contributed by atoms with Crippen LogP contribution in [0.3, 0.4) is 0 Å². The van der Waals surface area contributed by atoms with E-state index in [9.17, 15) is 4.79 Å². The molecule has 0 spiro atoms. The van der Waals surface area contributed by atoms with Crippen LogP contribution in [0.5, 0.6) is 11.5 Å². The van der Waals surface area contributed by atoms with Crippen molar-refractivity contribution in [2.75, 3.05) is 19.0 Å². The number of methoxy groups -OCH3 is 1. The van der Waals surface area contributed by atoms with Crippen molar-refractivity contribution in [2.24, 2.45) is 0 Å². The maximum atomic E-state index is 12.4. The number of anilines is 1. The van der Waals surface area contributed by atoms with E-state index in [0.717, 1.165) is 9.26 Å². The Kier molecular flexibility index (Phi) is 6.07. The highest BCUT2D eigenvalue weighted by molar-refractivity contribution is 14.1. The van der Waals surface area contributed by atoms with E-state index in [4.69, 9.17) is 9.47 Å². The number of carbonyl (C=O) groups excluding carboxylic acids is 1. The van der Waals surface area contributed by atoms with E-state index in [1.165, 1.54) is 0 Å². The van der Waals surface area contributed by atoms with Crippen LogP contribution in [0, 0.1) is 3.57 Å². The van der Waals surface area contributed by atoms with Crippen LogP contribution in [0.4, 0.5) is 5.69 Å². The van der Waals surface area contributed by atoms with E-state index in [2.05, 4.69) is 43.8 Å². The van der Waals surface area contributed by atoms with Crippen LogP contribution in [0.15, 0.2) is 40.9 Å². The van der Waals surface area contributed by atoms with Gasteiger partial charge in [-0.25, -0.2) is 0 Å². The fourth-order valence-corrected chi connectivity index (χ4v) is 3.08. The second-order valence-electron chi connectivity index (χ2n) is 4.39. The van der Waals surface area contributed by atoms with E-state index in [1.807, 2.05) is 31.2 Å². The summed E-state index contributed by atoms with van der Waals surface area (Å²) in [4.78, 5) is 12.4. The molecule has 0 saturated carbocycles. The lowest BCUT2D eigenvalue weighted by Crippen LogP contribution is -2.12. The number of rotatable bonds is 5. The predicted octanol–water partition coefficient (Wildman–Crippen LogP) is 4.71. The molecule has 6 heteroatoms. The summed E-state index contributed by atoms with van der Waals surface area (Å²) in [6.45, 7) is 2.37. The number of amides is 1. The first-order valence-corrected chi connectivity index (χ1v) is 8.49. The Morgan fingerprint density at radius 2 is 2.09 bits per heavy atom. The molecule has 0 aliphatic carbocycles. The Bertz CT molecular complexity index is 691. The van der Waals surface area contributed by atoms with Crippen molar-refractivity contribution >= 4 is 50.1 Å². The number of ether oxygens (including phenoxy) is 2. The highest BCUT2D eigenvalue weighted by Gasteiger charge is 2.15. The fourth-order valence-electron chi connectivity index (χ4n) is 1.93. The fraction of sp³-hybridized carbons (Fsp3) is 0.188. The van der Waals surface area contributed by atoms with Crippen molar-refractivity contribution in [3.8, 4) is 11.5 Å². The molecule has 0 heterocycles. The molecule has 2 rings (SSSR count). The molecule has 0 unspecified atom stereocenters. The Morgan fingerprint density at radius 3 is 2.73 bits per heavy atom. The molecular formula is C16H15BrINO3. The van der Waals surface area contributed by atoms with Gasteiger partial charge in [0.05, 0.1) is 18.2 Å². The van der Waals surface area contributed by atoms with Gasteiger partial charge in [0.25, 0.3) is 5.91 Å². The first kappa shape index (κ1) is 17.1. The van der Waals surface area contributed by atoms with Crippen LogP contribution in [0.25, 0.3) is 0 Å². The van der Waals surface area contributed by atoms with Crippen LogP contribution < -0.4 is 14.8 Å². The molecule has 0 aliphatic rings. The quantitative estimate of drug-likeness (QED) is 0.637. The summed E-state index contributed by atoms with van der Waals surface area (Å²) in [6, 6.07) is 11.0. The summed E-state index contributed by atoms with van der Waals surface area (Å²) in [5.74, 6) is 0.908. The second kappa shape index (κ2) is 7.82. The molecule has 0 radical (unpaired) electrons. The Morgan fingerprint density at radius 1 is 1.32 bits per heavy atom. The van der Waals surface area contributed by atoms with Gasteiger partial charge in [-0.3, -0.25) is 4.79 Å². The number of halogens is 2. The molecule has 1 N–H and O–H groups in total. The van der Waals surface area contributed by atoms with E-state index in [-0.39, 0.29) is 5.91 Å². The summed E-state index contributed by atoms with van der Waals surface area (Å²) in [5, 5.41) is 2.87. The molecule has 1 amide bonds. The summed E-state index contributed by atoms with van der Waals surface area (Å²) in [5.41, 5.74) is 1.25. The van der Waals surface area contributed by atoms with Crippen molar-refractivity contribution in [1.29, 1.82) is 0 Å². The van der Waals surface area contributed by atoms with Gasteiger partial charge in [0.15, 0.2) is 11.5 Å². The average Bonchev–Trinajstić information content (AvgIpc) is 2.47. The lowest BCUT2D eigenvalue weighted by Gasteiger charge is -2.13. The van der Waals surface area contributed by atoms with Crippen molar-refractivity contribution in [3.63, 3.8) is 0 Å². The minimum atomic E-state index is -0.202. The average molecular weight is 476 g/mol. The highest BCUT2D eigenvalue weighted by atomic mass is 127. The van der Waals surface area contributed by atoms with Crippen molar-refractivity contribution in [1.82, 2.24) is 0 Å². The monoisotopic (exact) mass is 475 g/mol. The lowest BCUT2D eigenvalue weighted by molar-refractivity contribution is 0.102. The van der Waals surface area contributed by atoms with Gasteiger partial charge in [0, 0.05) is 14.8 Å². The number of nitrogens with one attached hydrogen (secondary N) is 1. The molecule has 0 bridgehead atoms. The minimum absolute atomic E-state index is 0.202. The summed E-state index contributed by atoms with van der Waals surface area (Å²) in [6.07, 6.45) is 0. The molecular weight excluding hydrogens is 461 g/mol. The van der Waals surface area contributed by atoms with Gasteiger partial charge < -0.3 is 14.8 Å². The van der Waals surface area contributed by atoms with Crippen molar-refractivity contribution in [3.05, 3.63) is 50.0 Å². The van der Waals surface area contributed by atoms with Crippen LogP contribution in [-0.4, -0.2) is 19.6 Å². The number of hydrogen-bond acceptors (Lipinski definition) is 3. The Hall–Kier alpha value is -1.28. The van der Waals surface area contributed by atoms with Crippen LogP contribution in [0.1, 0.15) is 17.3 Å². The largest absolute Gasteiger partial charge is 0.492 e. The number of carbonyl (C=O) groups is 1. The van der Waals surface area contributed by atoms with Gasteiger partial charge >= 0.3 is 0 Å².